The van der Waals surface area contributed by atoms with E-state index in [1.807, 2.05) is 0 Å². The Bertz CT molecular complexity index is 1890. The molecular weight excluding hydrogens is 1310 g/mol. The van der Waals surface area contributed by atoms with Gasteiger partial charge in [0, 0.05) is 25.7 Å². The number of aliphatic hydroxyl groups is 1. The molecule has 0 aromatic heterocycles. The molecular formula is C81H158O17P2. The molecule has 0 rings (SSSR count). The zero-order valence-electron chi connectivity index (χ0n) is 65.2. The van der Waals surface area contributed by atoms with E-state index >= 15 is 0 Å². The summed E-state index contributed by atoms with van der Waals surface area (Å²) in [6.45, 7) is 5.04. The molecule has 0 amide bonds. The Hall–Kier alpha value is -1.94. The number of aliphatic hydroxyl groups excluding tert-OH is 1. The third-order valence-electron chi connectivity index (χ3n) is 19.1. The van der Waals surface area contributed by atoms with Crippen LogP contribution in [0.4, 0.5) is 0 Å². The van der Waals surface area contributed by atoms with E-state index in [0.717, 1.165) is 89.9 Å². The normalized spacial score (nSPS) is 13.8. The Kier molecular flexibility index (Phi) is 73.8. The van der Waals surface area contributed by atoms with E-state index in [1.165, 1.54) is 270 Å². The zero-order chi connectivity index (χ0) is 73.2. The standard InChI is InChI=1S/C81H158O17P2/c1-5-9-13-17-21-25-29-33-36-39-42-46-50-54-58-62-66-79(84)92-72-77(98-81(86)68-64-60-56-52-48-44-41-38-35-31-27-23-19-15-11-7-3)74-96-100(89,90)94-70-75(82)69-93-99(87,88)95-73-76(71-91-78(83)65-61-57-53-49-45-32-28-24-20-16-12-8-4)97-80(85)67-63-59-55-51-47-43-40-37-34-30-26-22-18-14-10-6-2/h75-77,82H,5-74H2,1-4H3,(H,87,88)(H,89,90)/t75-,76+,77+/m0/s1. The van der Waals surface area contributed by atoms with Gasteiger partial charge < -0.3 is 33.8 Å². The number of phosphoric ester groups is 2. The summed E-state index contributed by atoms with van der Waals surface area (Å²) >= 11 is 0. The van der Waals surface area contributed by atoms with Gasteiger partial charge in [0.25, 0.3) is 0 Å². The molecule has 0 spiro atoms. The van der Waals surface area contributed by atoms with Gasteiger partial charge >= 0.3 is 39.5 Å². The van der Waals surface area contributed by atoms with Crippen LogP contribution in [0.15, 0.2) is 0 Å². The lowest BCUT2D eigenvalue weighted by Crippen LogP contribution is -2.30. The molecule has 0 aromatic carbocycles. The molecule has 0 aromatic rings. The molecule has 19 heteroatoms. The van der Waals surface area contributed by atoms with Crippen molar-refractivity contribution in [2.24, 2.45) is 0 Å². The SMILES string of the molecule is CCCCCCCCCCCCCCCCCCC(=O)OC[C@H](COP(=O)(O)OC[C@@H](O)COP(=O)(O)OC[C@@H](COC(=O)CCCCCCCCCCCCCC)OC(=O)CCCCCCCCCCCCCCCCCC)OC(=O)CCCCCCCCCCCCCCCCCC. The van der Waals surface area contributed by atoms with Gasteiger partial charge in [-0.05, 0) is 25.7 Å². The van der Waals surface area contributed by atoms with E-state index in [0.29, 0.717) is 25.7 Å². The van der Waals surface area contributed by atoms with Crippen LogP contribution in [0, 0.1) is 0 Å². The number of esters is 4. The van der Waals surface area contributed by atoms with Crippen LogP contribution in [0.2, 0.25) is 0 Å². The van der Waals surface area contributed by atoms with Gasteiger partial charge in [-0.15, -0.1) is 0 Å². The van der Waals surface area contributed by atoms with Gasteiger partial charge in [-0.1, -0.05) is 387 Å². The maximum Gasteiger partial charge on any atom is 0.472 e. The van der Waals surface area contributed by atoms with Gasteiger partial charge in [0.15, 0.2) is 12.2 Å². The zero-order valence-corrected chi connectivity index (χ0v) is 67.0. The summed E-state index contributed by atoms with van der Waals surface area (Å²) in [5, 5.41) is 10.6. The quantitative estimate of drug-likeness (QED) is 0.0222. The Morgan fingerprint density at radius 3 is 0.590 bits per heavy atom. The third kappa shape index (κ3) is 74.3. The average molecular weight is 1470 g/mol. The minimum Gasteiger partial charge on any atom is -0.462 e. The molecule has 0 bridgehead atoms. The molecule has 0 radical (unpaired) electrons. The molecule has 0 heterocycles. The van der Waals surface area contributed by atoms with Crippen LogP contribution in [-0.2, 0) is 65.4 Å². The first-order chi connectivity index (χ1) is 48.7. The number of carbonyl (C=O) groups is 4. The number of unbranched alkanes of at least 4 members (excludes halogenated alkanes) is 56. The van der Waals surface area contributed by atoms with Gasteiger partial charge in [0.1, 0.15) is 19.3 Å². The number of carbonyl (C=O) groups excluding carboxylic acids is 4. The van der Waals surface area contributed by atoms with Gasteiger partial charge in [0.2, 0.25) is 0 Å². The third-order valence-corrected chi connectivity index (χ3v) is 21.0. The highest BCUT2D eigenvalue weighted by Crippen LogP contribution is 2.45. The van der Waals surface area contributed by atoms with Crippen molar-refractivity contribution in [3.05, 3.63) is 0 Å². The fourth-order valence-corrected chi connectivity index (χ4v) is 14.2. The molecule has 0 aliphatic rings. The smallest absolute Gasteiger partial charge is 0.462 e. The molecule has 100 heavy (non-hydrogen) atoms. The van der Waals surface area contributed by atoms with Gasteiger partial charge in [0.05, 0.1) is 26.4 Å². The Morgan fingerprint density at radius 2 is 0.400 bits per heavy atom. The summed E-state index contributed by atoms with van der Waals surface area (Å²) in [5.41, 5.74) is 0. The highest BCUT2D eigenvalue weighted by atomic mass is 31.2. The van der Waals surface area contributed by atoms with Crippen LogP contribution in [0.1, 0.15) is 439 Å². The molecule has 3 N–H and O–H groups in total. The summed E-state index contributed by atoms with van der Waals surface area (Å²) in [4.78, 5) is 73.1. The second-order valence-corrected chi connectivity index (χ2v) is 32.1. The molecule has 594 valence electrons. The number of hydrogen-bond donors (Lipinski definition) is 3. The number of rotatable bonds is 82. The Balaban J connectivity index is 5.26. The van der Waals surface area contributed by atoms with Crippen molar-refractivity contribution in [1.82, 2.24) is 0 Å². The molecule has 0 aliphatic carbocycles. The van der Waals surface area contributed by atoms with Crippen LogP contribution < -0.4 is 0 Å². The van der Waals surface area contributed by atoms with E-state index in [2.05, 4.69) is 27.7 Å². The Labute approximate surface area is 613 Å². The predicted octanol–water partition coefficient (Wildman–Crippen LogP) is 24.6. The first-order valence-corrected chi connectivity index (χ1v) is 45.3. The summed E-state index contributed by atoms with van der Waals surface area (Å²) in [5.74, 6) is -2.10. The van der Waals surface area contributed by atoms with E-state index in [4.69, 9.17) is 37.0 Å². The maximum atomic E-state index is 13.1. The highest BCUT2D eigenvalue weighted by molar-refractivity contribution is 7.47. The van der Waals surface area contributed by atoms with Crippen LogP contribution in [0.3, 0.4) is 0 Å². The summed E-state index contributed by atoms with van der Waals surface area (Å²) in [7, 11) is -9.92. The van der Waals surface area contributed by atoms with E-state index < -0.39 is 97.5 Å². The Morgan fingerprint density at radius 1 is 0.240 bits per heavy atom. The molecule has 0 saturated carbocycles. The number of ether oxygens (including phenoxy) is 4. The van der Waals surface area contributed by atoms with Crippen molar-refractivity contribution in [2.45, 2.75) is 457 Å². The van der Waals surface area contributed by atoms with Gasteiger partial charge in [-0.3, -0.25) is 37.3 Å². The fourth-order valence-electron chi connectivity index (χ4n) is 12.6. The molecule has 17 nitrogen and oxygen atoms in total. The first kappa shape index (κ1) is 98.1. The van der Waals surface area contributed by atoms with Crippen LogP contribution in [-0.4, -0.2) is 96.7 Å². The van der Waals surface area contributed by atoms with E-state index in [1.54, 1.807) is 0 Å². The average Bonchev–Trinajstić information content (AvgIpc) is 1.18. The molecule has 0 saturated heterocycles. The van der Waals surface area contributed by atoms with Crippen molar-refractivity contribution >= 4 is 39.5 Å². The van der Waals surface area contributed by atoms with Gasteiger partial charge in [-0.2, -0.15) is 0 Å². The minimum absolute atomic E-state index is 0.109. The molecule has 0 fully saturated rings. The second-order valence-electron chi connectivity index (χ2n) is 29.2. The van der Waals surface area contributed by atoms with Crippen molar-refractivity contribution < 1.29 is 80.2 Å². The van der Waals surface area contributed by atoms with Crippen LogP contribution in [0.5, 0.6) is 0 Å². The molecule has 2 unspecified atom stereocenters. The second kappa shape index (κ2) is 75.3. The first-order valence-electron chi connectivity index (χ1n) is 42.3. The monoisotopic (exact) mass is 1470 g/mol. The predicted molar refractivity (Wildman–Crippen MR) is 409 cm³/mol. The number of phosphoric acid groups is 2. The minimum atomic E-state index is -4.96. The summed E-state index contributed by atoms with van der Waals surface area (Å²) < 4.78 is 68.8. The number of hydrogen-bond acceptors (Lipinski definition) is 15. The summed E-state index contributed by atoms with van der Waals surface area (Å²) in [6.07, 6.45) is 67.8. The summed E-state index contributed by atoms with van der Waals surface area (Å²) in [6, 6.07) is 0. The lowest BCUT2D eigenvalue weighted by atomic mass is 10.0. The van der Waals surface area contributed by atoms with E-state index in [-0.39, 0.29) is 25.7 Å². The van der Waals surface area contributed by atoms with Gasteiger partial charge in [-0.25, -0.2) is 9.13 Å². The van der Waals surface area contributed by atoms with E-state index in [9.17, 15) is 43.2 Å². The molecule has 0 aliphatic heterocycles. The lowest BCUT2D eigenvalue weighted by molar-refractivity contribution is -0.161. The topological polar surface area (TPSA) is 237 Å². The lowest BCUT2D eigenvalue weighted by Gasteiger charge is -2.21. The highest BCUT2D eigenvalue weighted by Gasteiger charge is 2.30. The molecule has 5 atom stereocenters. The van der Waals surface area contributed by atoms with Crippen molar-refractivity contribution in [2.75, 3.05) is 39.6 Å². The van der Waals surface area contributed by atoms with Crippen molar-refractivity contribution in [1.29, 1.82) is 0 Å². The van der Waals surface area contributed by atoms with Crippen molar-refractivity contribution in [3.8, 4) is 0 Å². The fraction of sp³-hybridized carbons (Fsp3) is 0.951. The maximum absolute atomic E-state index is 13.1. The van der Waals surface area contributed by atoms with Crippen LogP contribution in [0.25, 0.3) is 0 Å². The van der Waals surface area contributed by atoms with Crippen molar-refractivity contribution in [3.63, 3.8) is 0 Å². The van der Waals surface area contributed by atoms with Crippen LogP contribution >= 0.6 is 15.6 Å². The largest absolute Gasteiger partial charge is 0.472 e.